The lowest BCUT2D eigenvalue weighted by Gasteiger charge is -2.27. The lowest BCUT2D eigenvalue weighted by Crippen LogP contribution is -2.25. The first-order valence-corrected chi connectivity index (χ1v) is 8.65. The summed E-state index contributed by atoms with van der Waals surface area (Å²) in [5, 5.41) is 3.16. The second-order valence-electron chi connectivity index (χ2n) is 6.16. The van der Waals surface area contributed by atoms with Crippen LogP contribution in [0.25, 0.3) is 0 Å². The Morgan fingerprint density at radius 2 is 2.04 bits per heavy atom. The molecule has 4 nitrogen and oxygen atoms in total. The van der Waals surface area contributed by atoms with Gasteiger partial charge < -0.3 is 15.8 Å². The first-order valence-electron chi connectivity index (χ1n) is 8.65. The summed E-state index contributed by atoms with van der Waals surface area (Å²) in [5.74, 6) is 1.34. The molecule has 0 aliphatic heterocycles. The normalized spacial score (nSPS) is 15.0. The van der Waals surface area contributed by atoms with Crippen LogP contribution in [0.4, 0.5) is 5.69 Å². The van der Waals surface area contributed by atoms with Gasteiger partial charge in [-0.2, -0.15) is 0 Å². The van der Waals surface area contributed by atoms with Crippen molar-refractivity contribution in [2.24, 2.45) is 10.7 Å². The number of benzene rings is 2. The van der Waals surface area contributed by atoms with E-state index in [4.69, 9.17) is 10.5 Å². The molecule has 0 amide bonds. The Bertz CT molecular complexity index is 708. The van der Waals surface area contributed by atoms with Crippen LogP contribution in [0.1, 0.15) is 37.3 Å². The van der Waals surface area contributed by atoms with E-state index in [9.17, 15) is 0 Å². The topological polar surface area (TPSA) is 59.6 Å². The predicted molar refractivity (Wildman–Crippen MR) is 99.5 cm³/mol. The number of nitrogens with one attached hydrogen (secondary N) is 1. The van der Waals surface area contributed by atoms with Gasteiger partial charge in [0.1, 0.15) is 5.75 Å². The maximum atomic E-state index is 6.03. The number of rotatable bonds is 6. The molecule has 1 saturated carbocycles. The molecule has 0 spiro atoms. The fourth-order valence-electron chi connectivity index (χ4n) is 2.64. The minimum Gasteiger partial charge on any atom is -0.490 e. The molecule has 24 heavy (non-hydrogen) atoms. The summed E-state index contributed by atoms with van der Waals surface area (Å²) in [5.41, 5.74) is 9.34. The van der Waals surface area contributed by atoms with Crippen LogP contribution in [-0.4, -0.2) is 12.1 Å². The smallest absolute Gasteiger partial charge is 0.193 e. The molecule has 0 aromatic heterocycles. The lowest BCUT2D eigenvalue weighted by molar-refractivity contribution is 0.119. The monoisotopic (exact) mass is 323 g/mol. The Morgan fingerprint density at radius 1 is 1.21 bits per heavy atom. The summed E-state index contributed by atoms with van der Waals surface area (Å²) in [6.07, 6.45) is 4.92. The fraction of sp³-hybridized carbons (Fsp3) is 0.350. The number of hydrogen-bond donors (Lipinski definition) is 2. The van der Waals surface area contributed by atoms with Crippen LogP contribution >= 0.6 is 0 Å². The Morgan fingerprint density at radius 3 is 2.79 bits per heavy atom. The molecule has 2 aromatic rings. The maximum absolute atomic E-state index is 6.03. The van der Waals surface area contributed by atoms with Gasteiger partial charge in [0.2, 0.25) is 0 Å². The molecule has 2 aromatic carbocycles. The van der Waals surface area contributed by atoms with E-state index < -0.39 is 0 Å². The zero-order valence-electron chi connectivity index (χ0n) is 14.2. The van der Waals surface area contributed by atoms with Crippen LogP contribution in [0.15, 0.2) is 53.5 Å². The van der Waals surface area contributed by atoms with Gasteiger partial charge in [0, 0.05) is 11.3 Å². The van der Waals surface area contributed by atoms with Crippen molar-refractivity contribution >= 4 is 11.6 Å². The van der Waals surface area contributed by atoms with Gasteiger partial charge in [0.05, 0.1) is 12.6 Å². The lowest BCUT2D eigenvalue weighted by atomic mass is 9.96. The van der Waals surface area contributed by atoms with Gasteiger partial charge in [-0.15, -0.1) is 0 Å². The van der Waals surface area contributed by atoms with E-state index in [0.717, 1.165) is 36.3 Å². The fourth-order valence-corrected chi connectivity index (χ4v) is 2.64. The van der Waals surface area contributed by atoms with Crippen molar-refractivity contribution in [3.05, 3.63) is 59.7 Å². The average Bonchev–Trinajstić information content (AvgIpc) is 2.57. The molecule has 0 heterocycles. The molecule has 0 unspecified atom stereocenters. The predicted octanol–water partition coefficient (Wildman–Crippen LogP) is 4.11. The van der Waals surface area contributed by atoms with Crippen molar-refractivity contribution in [3.8, 4) is 5.75 Å². The molecule has 0 radical (unpaired) electrons. The molecule has 0 atom stereocenters. The van der Waals surface area contributed by atoms with Crippen molar-refractivity contribution in [1.82, 2.24) is 0 Å². The SMILES string of the molecule is CCc1cccc(NC(N)=NCc2ccccc2OC2CCC2)c1. The molecule has 1 aliphatic rings. The number of guanidine groups is 1. The third-order valence-electron chi connectivity index (χ3n) is 4.35. The highest BCUT2D eigenvalue weighted by molar-refractivity contribution is 5.92. The van der Waals surface area contributed by atoms with E-state index in [-0.39, 0.29) is 0 Å². The molecule has 1 aliphatic carbocycles. The number of anilines is 1. The molecule has 0 bridgehead atoms. The van der Waals surface area contributed by atoms with Gasteiger partial charge in [0.25, 0.3) is 0 Å². The molecular weight excluding hydrogens is 298 g/mol. The van der Waals surface area contributed by atoms with Crippen LogP contribution in [0.2, 0.25) is 0 Å². The van der Waals surface area contributed by atoms with E-state index in [2.05, 4.69) is 29.4 Å². The summed E-state index contributed by atoms with van der Waals surface area (Å²) in [6.45, 7) is 2.64. The quantitative estimate of drug-likeness (QED) is 0.621. The highest BCUT2D eigenvalue weighted by Crippen LogP contribution is 2.27. The third-order valence-corrected chi connectivity index (χ3v) is 4.35. The molecule has 1 fully saturated rings. The van der Waals surface area contributed by atoms with Gasteiger partial charge in [0.15, 0.2) is 5.96 Å². The van der Waals surface area contributed by atoms with Gasteiger partial charge in [-0.3, -0.25) is 0 Å². The van der Waals surface area contributed by atoms with Crippen LogP contribution in [0.3, 0.4) is 0 Å². The standard InChI is InChI=1S/C20H25N3O/c1-2-15-7-5-9-17(13-15)23-20(21)22-14-16-8-3-4-12-19(16)24-18-10-6-11-18/h3-5,7-9,12-13,18H,2,6,10-11,14H2,1H3,(H3,21,22,23). The van der Waals surface area contributed by atoms with E-state index in [1.54, 1.807) is 0 Å². The van der Waals surface area contributed by atoms with Crippen molar-refractivity contribution in [3.63, 3.8) is 0 Å². The highest BCUT2D eigenvalue weighted by atomic mass is 16.5. The number of nitrogens with two attached hydrogens (primary N) is 1. The average molecular weight is 323 g/mol. The van der Waals surface area contributed by atoms with Gasteiger partial charge in [-0.1, -0.05) is 37.3 Å². The van der Waals surface area contributed by atoms with Gasteiger partial charge >= 0.3 is 0 Å². The molecule has 0 saturated heterocycles. The number of ether oxygens (including phenoxy) is 1. The second kappa shape index (κ2) is 7.86. The molecule has 3 N–H and O–H groups in total. The van der Waals surface area contributed by atoms with Gasteiger partial charge in [-0.25, -0.2) is 4.99 Å². The molecular formula is C20H25N3O. The van der Waals surface area contributed by atoms with Crippen molar-refractivity contribution < 1.29 is 4.74 Å². The van der Waals surface area contributed by atoms with Crippen LogP contribution in [0.5, 0.6) is 5.75 Å². The number of nitrogens with zero attached hydrogens (tertiary/aromatic N) is 1. The largest absolute Gasteiger partial charge is 0.490 e. The Kier molecular flexibility index (Phi) is 5.36. The Balaban J connectivity index is 1.63. The number of para-hydroxylation sites is 1. The third kappa shape index (κ3) is 4.28. The van der Waals surface area contributed by atoms with Crippen LogP contribution in [0, 0.1) is 0 Å². The Labute approximate surface area is 143 Å². The zero-order chi connectivity index (χ0) is 16.8. The minimum absolute atomic E-state index is 0.363. The number of hydrogen-bond acceptors (Lipinski definition) is 2. The van der Waals surface area contributed by atoms with Crippen molar-refractivity contribution in [1.29, 1.82) is 0 Å². The van der Waals surface area contributed by atoms with E-state index in [1.807, 2.05) is 36.4 Å². The molecule has 4 heteroatoms. The van der Waals surface area contributed by atoms with E-state index in [0.29, 0.717) is 18.6 Å². The molecule has 126 valence electrons. The Hall–Kier alpha value is -2.49. The first-order chi connectivity index (χ1) is 11.7. The zero-order valence-corrected chi connectivity index (χ0v) is 14.2. The van der Waals surface area contributed by atoms with Crippen molar-refractivity contribution in [2.45, 2.75) is 45.3 Å². The van der Waals surface area contributed by atoms with E-state index in [1.165, 1.54) is 12.0 Å². The highest BCUT2D eigenvalue weighted by Gasteiger charge is 2.20. The number of aryl methyl sites for hydroxylation is 1. The summed E-state index contributed by atoms with van der Waals surface area (Å²) in [7, 11) is 0. The minimum atomic E-state index is 0.363. The maximum Gasteiger partial charge on any atom is 0.193 e. The summed E-state index contributed by atoms with van der Waals surface area (Å²) < 4.78 is 6.03. The van der Waals surface area contributed by atoms with Gasteiger partial charge in [-0.05, 0) is 49.4 Å². The van der Waals surface area contributed by atoms with Crippen LogP contribution < -0.4 is 15.8 Å². The summed E-state index contributed by atoms with van der Waals surface area (Å²) in [6, 6.07) is 16.3. The summed E-state index contributed by atoms with van der Waals surface area (Å²) in [4.78, 5) is 4.46. The van der Waals surface area contributed by atoms with Crippen molar-refractivity contribution in [2.75, 3.05) is 5.32 Å². The first kappa shape index (κ1) is 16.4. The van der Waals surface area contributed by atoms with Crippen LogP contribution in [-0.2, 0) is 13.0 Å². The van der Waals surface area contributed by atoms with E-state index >= 15 is 0 Å². The summed E-state index contributed by atoms with van der Waals surface area (Å²) >= 11 is 0. The second-order valence-corrected chi connectivity index (χ2v) is 6.16. The number of aliphatic imine (C=N–C) groups is 1. The molecule has 3 rings (SSSR count).